The van der Waals surface area contributed by atoms with Crippen molar-refractivity contribution >= 4 is 10.9 Å². The summed E-state index contributed by atoms with van der Waals surface area (Å²) >= 11 is 0. The van der Waals surface area contributed by atoms with E-state index in [0.29, 0.717) is 11.4 Å². The minimum atomic E-state index is -0.172. The number of nitrogens with zero attached hydrogens (tertiary/aromatic N) is 2. The van der Waals surface area contributed by atoms with Crippen molar-refractivity contribution < 1.29 is 4.39 Å². The summed E-state index contributed by atoms with van der Waals surface area (Å²) in [5.74, 6) is 0.395. The number of hydrogen-bond acceptors (Lipinski definition) is 2. The molecule has 0 radical (unpaired) electrons. The Morgan fingerprint density at radius 1 is 1.53 bits per heavy atom. The molecule has 2 aromatic rings. The van der Waals surface area contributed by atoms with Crippen molar-refractivity contribution in [3.63, 3.8) is 0 Å². The number of aromatic nitrogens is 2. The SMILES string of the molecule is Cc1nn(CC2CCNC2)c2c(F)cccc12. The van der Waals surface area contributed by atoms with Crippen LogP contribution in [0.25, 0.3) is 10.9 Å². The first-order valence-electron chi connectivity index (χ1n) is 6.08. The molecule has 0 amide bonds. The summed E-state index contributed by atoms with van der Waals surface area (Å²) in [6, 6.07) is 5.19. The third-order valence-corrected chi connectivity index (χ3v) is 3.50. The Morgan fingerprint density at radius 2 is 2.41 bits per heavy atom. The van der Waals surface area contributed by atoms with Gasteiger partial charge in [0.25, 0.3) is 0 Å². The Hall–Kier alpha value is -1.42. The second kappa shape index (κ2) is 4.11. The van der Waals surface area contributed by atoms with Gasteiger partial charge in [-0.05, 0) is 38.4 Å². The molecule has 1 fully saturated rings. The molecule has 17 heavy (non-hydrogen) atoms. The van der Waals surface area contributed by atoms with Crippen molar-refractivity contribution in [3.05, 3.63) is 29.7 Å². The van der Waals surface area contributed by atoms with Crippen LogP contribution in [0.1, 0.15) is 12.1 Å². The standard InChI is InChI=1S/C13H16FN3/c1-9-11-3-2-4-12(14)13(11)17(16-9)8-10-5-6-15-7-10/h2-4,10,15H,5-8H2,1H3. The topological polar surface area (TPSA) is 29.9 Å². The quantitative estimate of drug-likeness (QED) is 0.860. The van der Waals surface area contributed by atoms with Crippen molar-refractivity contribution in [3.8, 4) is 0 Å². The molecular formula is C13H16FN3. The molecule has 0 bridgehead atoms. The predicted octanol–water partition coefficient (Wildman–Crippen LogP) is 2.09. The summed E-state index contributed by atoms with van der Waals surface area (Å²) in [5, 5.41) is 8.72. The predicted molar refractivity (Wildman–Crippen MR) is 65.4 cm³/mol. The minimum Gasteiger partial charge on any atom is -0.316 e. The Balaban J connectivity index is 2.03. The lowest BCUT2D eigenvalue weighted by Crippen LogP contribution is -2.15. The van der Waals surface area contributed by atoms with Crippen LogP contribution in [0.4, 0.5) is 4.39 Å². The van der Waals surface area contributed by atoms with Crippen LogP contribution in [0.3, 0.4) is 0 Å². The van der Waals surface area contributed by atoms with E-state index in [-0.39, 0.29) is 5.82 Å². The highest BCUT2D eigenvalue weighted by Gasteiger charge is 2.18. The van der Waals surface area contributed by atoms with E-state index in [9.17, 15) is 4.39 Å². The van der Waals surface area contributed by atoms with Gasteiger partial charge in [-0.15, -0.1) is 0 Å². The number of aryl methyl sites for hydroxylation is 1. The zero-order chi connectivity index (χ0) is 11.8. The smallest absolute Gasteiger partial charge is 0.149 e. The first kappa shape index (κ1) is 10.7. The third kappa shape index (κ3) is 1.82. The van der Waals surface area contributed by atoms with Crippen LogP contribution in [0, 0.1) is 18.7 Å². The third-order valence-electron chi connectivity index (χ3n) is 3.50. The van der Waals surface area contributed by atoms with E-state index in [1.54, 1.807) is 6.07 Å². The van der Waals surface area contributed by atoms with E-state index in [4.69, 9.17) is 0 Å². The number of benzene rings is 1. The van der Waals surface area contributed by atoms with E-state index < -0.39 is 0 Å². The molecule has 4 heteroatoms. The van der Waals surface area contributed by atoms with E-state index in [1.807, 2.05) is 17.7 Å². The zero-order valence-corrected chi connectivity index (χ0v) is 9.91. The molecular weight excluding hydrogens is 217 g/mol. The fraction of sp³-hybridized carbons (Fsp3) is 0.462. The molecule has 0 aliphatic carbocycles. The van der Waals surface area contributed by atoms with Gasteiger partial charge in [0.1, 0.15) is 11.3 Å². The van der Waals surface area contributed by atoms with Crippen LogP contribution in [0.2, 0.25) is 0 Å². The molecule has 1 aliphatic rings. The Bertz CT molecular complexity index is 541. The van der Waals surface area contributed by atoms with Crippen molar-refractivity contribution in [2.75, 3.05) is 13.1 Å². The Labute approximate surface area is 99.6 Å². The second-order valence-corrected chi connectivity index (χ2v) is 4.76. The summed E-state index contributed by atoms with van der Waals surface area (Å²) in [6.07, 6.45) is 1.15. The average Bonchev–Trinajstić information content (AvgIpc) is 2.90. The summed E-state index contributed by atoms with van der Waals surface area (Å²) in [5.41, 5.74) is 1.56. The highest BCUT2D eigenvalue weighted by Crippen LogP contribution is 2.22. The average molecular weight is 233 g/mol. The van der Waals surface area contributed by atoms with Crippen LogP contribution in [0.15, 0.2) is 18.2 Å². The van der Waals surface area contributed by atoms with Crippen molar-refractivity contribution in [1.82, 2.24) is 15.1 Å². The number of halogens is 1. The monoisotopic (exact) mass is 233 g/mol. The molecule has 1 aromatic carbocycles. The van der Waals surface area contributed by atoms with Gasteiger partial charge in [-0.1, -0.05) is 12.1 Å². The summed E-state index contributed by atoms with van der Waals surface area (Å²) < 4.78 is 15.7. The molecule has 1 unspecified atom stereocenters. The maximum atomic E-state index is 13.9. The molecule has 2 heterocycles. The molecule has 1 aliphatic heterocycles. The lowest BCUT2D eigenvalue weighted by molar-refractivity contribution is 0.453. The molecule has 1 aromatic heterocycles. The number of rotatable bonds is 2. The maximum absolute atomic E-state index is 13.9. The van der Waals surface area contributed by atoms with Gasteiger partial charge in [0.2, 0.25) is 0 Å². The number of nitrogens with one attached hydrogen (secondary N) is 1. The molecule has 3 rings (SSSR count). The molecule has 3 nitrogen and oxygen atoms in total. The molecule has 1 N–H and O–H groups in total. The molecule has 0 saturated carbocycles. The van der Waals surface area contributed by atoms with Gasteiger partial charge in [-0.2, -0.15) is 5.10 Å². The van der Waals surface area contributed by atoms with Gasteiger partial charge in [-0.25, -0.2) is 4.39 Å². The molecule has 1 atom stereocenters. The molecule has 0 spiro atoms. The van der Waals surface area contributed by atoms with Crippen molar-refractivity contribution in [2.24, 2.45) is 5.92 Å². The number of hydrogen-bond donors (Lipinski definition) is 1. The first-order chi connectivity index (χ1) is 8.25. The highest BCUT2D eigenvalue weighted by atomic mass is 19.1. The normalized spacial score (nSPS) is 20.2. The van der Waals surface area contributed by atoms with Gasteiger partial charge in [0.05, 0.1) is 5.69 Å². The zero-order valence-electron chi connectivity index (χ0n) is 9.91. The minimum absolute atomic E-state index is 0.172. The van der Waals surface area contributed by atoms with E-state index in [0.717, 1.165) is 37.1 Å². The fourth-order valence-corrected chi connectivity index (χ4v) is 2.60. The maximum Gasteiger partial charge on any atom is 0.149 e. The van der Waals surface area contributed by atoms with Crippen molar-refractivity contribution in [1.29, 1.82) is 0 Å². The summed E-state index contributed by atoms with van der Waals surface area (Å²) in [6.45, 7) is 4.81. The fourth-order valence-electron chi connectivity index (χ4n) is 2.60. The van der Waals surface area contributed by atoms with Gasteiger partial charge in [0, 0.05) is 11.9 Å². The number of fused-ring (bicyclic) bond motifs is 1. The van der Waals surface area contributed by atoms with Crippen LogP contribution in [-0.4, -0.2) is 22.9 Å². The van der Waals surface area contributed by atoms with Gasteiger partial charge in [-0.3, -0.25) is 4.68 Å². The first-order valence-corrected chi connectivity index (χ1v) is 6.08. The van der Waals surface area contributed by atoms with E-state index in [2.05, 4.69) is 10.4 Å². The van der Waals surface area contributed by atoms with E-state index in [1.165, 1.54) is 6.07 Å². The summed E-state index contributed by atoms with van der Waals surface area (Å²) in [7, 11) is 0. The highest BCUT2D eigenvalue weighted by molar-refractivity contribution is 5.82. The summed E-state index contributed by atoms with van der Waals surface area (Å²) in [4.78, 5) is 0. The van der Waals surface area contributed by atoms with Crippen LogP contribution >= 0.6 is 0 Å². The molecule has 90 valence electrons. The van der Waals surface area contributed by atoms with Crippen LogP contribution < -0.4 is 5.32 Å². The second-order valence-electron chi connectivity index (χ2n) is 4.76. The van der Waals surface area contributed by atoms with Crippen molar-refractivity contribution in [2.45, 2.75) is 19.9 Å². The van der Waals surface area contributed by atoms with E-state index >= 15 is 0 Å². The van der Waals surface area contributed by atoms with Gasteiger partial charge in [0.15, 0.2) is 0 Å². The van der Waals surface area contributed by atoms with Gasteiger partial charge >= 0.3 is 0 Å². The Morgan fingerprint density at radius 3 is 3.18 bits per heavy atom. The van der Waals surface area contributed by atoms with Crippen LogP contribution in [0.5, 0.6) is 0 Å². The van der Waals surface area contributed by atoms with Crippen LogP contribution in [-0.2, 0) is 6.54 Å². The largest absolute Gasteiger partial charge is 0.316 e. The number of para-hydroxylation sites is 1. The van der Waals surface area contributed by atoms with Gasteiger partial charge < -0.3 is 5.32 Å². The lowest BCUT2D eigenvalue weighted by Gasteiger charge is -2.09. The molecule has 1 saturated heterocycles. The lowest BCUT2D eigenvalue weighted by atomic mass is 10.1. The Kier molecular flexibility index (Phi) is 2.59.